The molecule has 0 aliphatic carbocycles. The molecule has 1 atom stereocenters. The quantitative estimate of drug-likeness (QED) is 0.511. The number of nitrogens with zero attached hydrogens (tertiary/aromatic N) is 3. The minimum atomic E-state index is -2.27. The highest BCUT2D eigenvalue weighted by Crippen LogP contribution is 2.29. The number of benzene rings is 2. The minimum Gasteiger partial charge on any atom is -0.768 e. The van der Waals surface area contributed by atoms with Gasteiger partial charge >= 0.3 is 0 Å². The molecule has 2 aromatic heterocycles. The monoisotopic (exact) mass is 417 g/mol. The second kappa shape index (κ2) is 8.10. The van der Waals surface area contributed by atoms with Crippen LogP contribution in [0.2, 0.25) is 0 Å². The Morgan fingerprint density at radius 1 is 1.00 bits per heavy atom. The van der Waals surface area contributed by atoms with Crippen LogP contribution in [0.4, 0.5) is 0 Å². The molecule has 1 aliphatic heterocycles. The van der Waals surface area contributed by atoms with E-state index in [1.54, 1.807) is 28.9 Å². The van der Waals surface area contributed by atoms with Gasteiger partial charge in [-0.25, -0.2) is 9.50 Å². The van der Waals surface area contributed by atoms with Crippen molar-refractivity contribution in [3.05, 3.63) is 72.7 Å². The lowest BCUT2D eigenvalue weighted by molar-refractivity contribution is 0.460. The predicted octanol–water partition coefficient (Wildman–Crippen LogP) is 3.77. The van der Waals surface area contributed by atoms with Crippen LogP contribution in [-0.4, -0.2) is 36.4 Å². The summed E-state index contributed by atoms with van der Waals surface area (Å²) in [6.07, 6.45) is 7.89. The molecule has 1 aliphatic rings. The molecule has 1 unspecified atom stereocenters. The Morgan fingerprint density at radius 2 is 1.80 bits per heavy atom. The number of hydrogen-bond acceptors (Lipinski definition) is 5. The van der Waals surface area contributed by atoms with Crippen LogP contribution in [0.3, 0.4) is 0 Å². The van der Waals surface area contributed by atoms with Crippen molar-refractivity contribution in [2.24, 2.45) is 0 Å². The molecule has 3 heterocycles. The van der Waals surface area contributed by atoms with E-state index in [4.69, 9.17) is 0 Å². The van der Waals surface area contributed by atoms with E-state index in [9.17, 15) is 8.76 Å². The van der Waals surface area contributed by atoms with Gasteiger partial charge in [-0.1, -0.05) is 36.4 Å². The second-order valence-electron chi connectivity index (χ2n) is 7.58. The first-order valence-corrected chi connectivity index (χ1v) is 11.1. The third kappa shape index (κ3) is 3.67. The van der Waals surface area contributed by atoms with Crippen LogP contribution in [0.15, 0.2) is 72.0 Å². The van der Waals surface area contributed by atoms with Crippen LogP contribution >= 0.6 is 0 Å². The van der Waals surface area contributed by atoms with E-state index in [-0.39, 0.29) is 4.90 Å². The minimum absolute atomic E-state index is 0.248. The van der Waals surface area contributed by atoms with Crippen LogP contribution in [0.25, 0.3) is 27.9 Å². The molecular formula is C23H21N4O2S-. The van der Waals surface area contributed by atoms with Crippen LogP contribution < -0.4 is 5.32 Å². The maximum atomic E-state index is 11.3. The first kappa shape index (κ1) is 19.1. The highest BCUT2D eigenvalue weighted by Gasteiger charge is 2.15. The molecule has 0 saturated carbocycles. The van der Waals surface area contributed by atoms with Crippen LogP contribution in [0.1, 0.15) is 24.3 Å². The molecule has 152 valence electrons. The van der Waals surface area contributed by atoms with Gasteiger partial charge in [0.05, 0.1) is 6.20 Å². The summed E-state index contributed by atoms with van der Waals surface area (Å²) < 4.78 is 24.3. The first-order valence-electron chi connectivity index (χ1n) is 10.0. The van der Waals surface area contributed by atoms with Crippen molar-refractivity contribution in [2.45, 2.75) is 23.7 Å². The molecule has 1 fully saturated rings. The number of fused-ring (bicyclic) bond motifs is 1. The van der Waals surface area contributed by atoms with Gasteiger partial charge < -0.3 is 9.87 Å². The van der Waals surface area contributed by atoms with E-state index < -0.39 is 11.1 Å². The molecule has 1 N–H and O–H groups in total. The Bertz CT molecular complexity index is 1210. The van der Waals surface area contributed by atoms with Gasteiger partial charge in [-0.05, 0) is 71.8 Å². The average molecular weight is 418 g/mol. The van der Waals surface area contributed by atoms with Gasteiger partial charge in [0.25, 0.3) is 0 Å². The number of piperidine rings is 1. The van der Waals surface area contributed by atoms with E-state index >= 15 is 0 Å². The first-order chi connectivity index (χ1) is 14.7. The summed E-state index contributed by atoms with van der Waals surface area (Å²) in [7, 11) is 0. The lowest BCUT2D eigenvalue weighted by Gasteiger charge is -2.23. The van der Waals surface area contributed by atoms with Crippen molar-refractivity contribution in [3.8, 4) is 22.3 Å². The summed E-state index contributed by atoms with van der Waals surface area (Å²) in [5, 5.41) is 7.85. The average Bonchev–Trinajstić information content (AvgIpc) is 3.23. The fraction of sp³-hybridized carbons (Fsp3) is 0.217. The number of hydrogen-bond donors (Lipinski definition) is 1. The van der Waals surface area contributed by atoms with Crippen molar-refractivity contribution in [1.29, 1.82) is 0 Å². The van der Waals surface area contributed by atoms with Crippen LogP contribution in [0.5, 0.6) is 0 Å². The third-order valence-corrected chi connectivity index (χ3v) is 6.39. The molecule has 0 spiro atoms. The van der Waals surface area contributed by atoms with E-state index in [1.807, 2.05) is 18.5 Å². The Morgan fingerprint density at radius 3 is 2.57 bits per heavy atom. The highest BCUT2D eigenvalue weighted by atomic mass is 32.2. The topological polar surface area (TPSA) is 82.3 Å². The predicted molar refractivity (Wildman–Crippen MR) is 116 cm³/mol. The summed E-state index contributed by atoms with van der Waals surface area (Å²) in [6, 6.07) is 15.5. The molecule has 5 rings (SSSR count). The second-order valence-corrected chi connectivity index (χ2v) is 8.52. The zero-order chi connectivity index (χ0) is 20.5. The fourth-order valence-corrected chi connectivity index (χ4v) is 4.51. The SMILES string of the molecule is O=S([O-])c1cccc(-c2cnn3cc(-c4ccc(C5CCNCC5)cc4)cnc23)c1. The Labute approximate surface area is 177 Å². The van der Waals surface area contributed by atoms with Crippen molar-refractivity contribution >= 4 is 16.7 Å². The van der Waals surface area contributed by atoms with Gasteiger partial charge in [-0.3, -0.25) is 4.21 Å². The van der Waals surface area contributed by atoms with Crippen molar-refractivity contribution < 1.29 is 8.76 Å². The number of rotatable bonds is 4. The molecule has 0 amide bonds. The molecular weight excluding hydrogens is 396 g/mol. The zero-order valence-electron chi connectivity index (χ0n) is 16.3. The third-order valence-electron chi connectivity index (χ3n) is 5.75. The van der Waals surface area contributed by atoms with Gasteiger partial charge in [0.1, 0.15) is 0 Å². The van der Waals surface area contributed by atoms with Gasteiger partial charge in [0, 0.05) is 28.4 Å². The van der Waals surface area contributed by atoms with Gasteiger partial charge in [0.15, 0.2) is 5.65 Å². The van der Waals surface area contributed by atoms with Crippen LogP contribution in [-0.2, 0) is 11.1 Å². The highest BCUT2D eigenvalue weighted by molar-refractivity contribution is 7.79. The summed E-state index contributed by atoms with van der Waals surface area (Å²) in [5.74, 6) is 0.633. The Kier molecular flexibility index (Phi) is 5.16. The lowest BCUT2D eigenvalue weighted by atomic mass is 9.89. The van der Waals surface area contributed by atoms with E-state index in [1.165, 1.54) is 18.4 Å². The molecule has 30 heavy (non-hydrogen) atoms. The van der Waals surface area contributed by atoms with E-state index in [0.29, 0.717) is 11.6 Å². The molecule has 0 radical (unpaired) electrons. The zero-order valence-corrected chi connectivity index (χ0v) is 17.1. The Balaban J connectivity index is 1.45. The normalized spacial score (nSPS) is 16.0. The van der Waals surface area contributed by atoms with Crippen molar-refractivity contribution in [2.75, 3.05) is 13.1 Å². The Hall–Kier alpha value is -2.87. The molecule has 2 aromatic carbocycles. The fourth-order valence-electron chi connectivity index (χ4n) is 4.10. The molecule has 4 aromatic rings. The molecule has 7 heteroatoms. The van der Waals surface area contributed by atoms with Crippen molar-refractivity contribution in [3.63, 3.8) is 0 Å². The summed E-state index contributed by atoms with van der Waals surface area (Å²) in [6.45, 7) is 2.17. The number of aromatic nitrogens is 3. The maximum absolute atomic E-state index is 11.3. The van der Waals surface area contributed by atoms with Gasteiger partial charge in [0.2, 0.25) is 0 Å². The largest absolute Gasteiger partial charge is 0.768 e. The summed E-state index contributed by atoms with van der Waals surface area (Å²) >= 11 is -2.27. The molecule has 6 nitrogen and oxygen atoms in total. The van der Waals surface area contributed by atoms with Gasteiger partial charge in [-0.15, -0.1) is 0 Å². The van der Waals surface area contributed by atoms with E-state index in [0.717, 1.165) is 35.3 Å². The lowest BCUT2D eigenvalue weighted by Crippen LogP contribution is -2.26. The standard InChI is InChI=1S/C23H22N4O2S/c28-30(29)21-3-1-2-19(12-21)22-14-26-27-15-20(13-25-23(22)27)17-6-4-16(5-7-17)18-8-10-24-11-9-18/h1-7,12-15,18,24H,8-11H2,(H,28,29)/p-1. The maximum Gasteiger partial charge on any atom is 0.162 e. The van der Waals surface area contributed by atoms with Crippen LogP contribution in [0, 0.1) is 0 Å². The molecule has 1 saturated heterocycles. The van der Waals surface area contributed by atoms with Gasteiger partial charge in [-0.2, -0.15) is 5.10 Å². The summed E-state index contributed by atoms with van der Waals surface area (Å²) in [5.41, 5.74) is 5.75. The summed E-state index contributed by atoms with van der Waals surface area (Å²) in [4.78, 5) is 4.87. The number of nitrogens with one attached hydrogen (secondary N) is 1. The van der Waals surface area contributed by atoms with Crippen molar-refractivity contribution in [1.82, 2.24) is 19.9 Å². The molecule has 0 bridgehead atoms. The smallest absolute Gasteiger partial charge is 0.162 e. The van der Waals surface area contributed by atoms with E-state index in [2.05, 4.69) is 39.7 Å².